The van der Waals surface area contributed by atoms with Crippen molar-refractivity contribution in [2.75, 3.05) is 6.61 Å². The molecular formula is C11H15BrN2O2. The van der Waals surface area contributed by atoms with Crippen molar-refractivity contribution in [2.45, 2.75) is 32.1 Å². The number of aromatic nitrogens is 2. The number of aromatic amines is 1. The first-order valence-corrected chi connectivity index (χ1v) is 6.42. The Morgan fingerprint density at radius 3 is 2.94 bits per heavy atom. The molecule has 4 nitrogen and oxygen atoms in total. The van der Waals surface area contributed by atoms with Gasteiger partial charge in [0, 0.05) is 0 Å². The summed E-state index contributed by atoms with van der Waals surface area (Å²) in [6.07, 6.45) is 7.73. The smallest absolute Gasteiger partial charge is 0.268 e. The highest BCUT2D eigenvalue weighted by molar-refractivity contribution is 9.10. The maximum absolute atomic E-state index is 11.3. The summed E-state index contributed by atoms with van der Waals surface area (Å²) in [5, 5.41) is 0. The lowest BCUT2D eigenvalue weighted by Gasteiger charge is -2.21. The number of rotatable bonds is 3. The van der Waals surface area contributed by atoms with Crippen molar-refractivity contribution in [1.29, 1.82) is 0 Å². The number of hydrogen-bond donors (Lipinski definition) is 1. The van der Waals surface area contributed by atoms with Crippen LogP contribution < -0.4 is 10.3 Å². The molecule has 2 rings (SSSR count). The molecule has 1 saturated carbocycles. The Balaban J connectivity index is 1.93. The predicted molar refractivity (Wildman–Crippen MR) is 64.6 cm³/mol. The molecule has 1 aliphatic rings. The zero-order valence-electron chi connectivity index (χ0n) is 9.04. The Hall–Kier alpha value is -0.840. The Kier molecular flexibility index (Phi) is 3.98. The zero-order valence-corrected chi connectivity index (χ0v) is 10.6. The molecule has 0 aromatic carbocycles. The lowest BCUT2D eigenvalue weighted by Crippen LogP contribution is -2.17. The van der Waals surface area contributed by atoms with E-state index >= 15 is 0 Å². The standard InChI is InChI=1S/C11H15BrN2O2/c12-9-10(15)13-7-14-11(9)16-6-8-4-2-1-3-5-8/h7-8H,1-6H2,(H,13,14,15). The molecule has 1 fully saturated rings. The van der Waals surface area contributed by atoms with E-state index in [0.29, 0.717) is 22.9 Å². The van der Waals surface area contributed by atoms with Crippen LogP contribution >= 0.6 is 15.9 Å². The van der Waals surface area contributed by atoms with Crippen LogP contribution in [0.4, 0.5) is 0 Å². The van der Waals surface area contributed by atoms with E-state index in [4.69, 9.17) is 4.74 Å². The highest BCUT2D eigenvalue weighted by Gasteiger charge is 2.15. The average molecular weight is 287 g/mol. The second-order valence-electron chi connectivity index (χ2n) is 4.17. The third-order valence-electron chi connectivity index (χ3n) is 2.95. The molecule has 0 amide bonds. The summed E-state index contributed by atoms with van der Waals surface area (Å²) in [4.78, 5) is 17.8. The number of ether oxygens (including phenoxy) is 1. The van der Waals surface area contributed by atoms with E-state index in [2.05, 4.69) is 25.9 Å². The van der Waals surface area contributed by atoms with Gasteiger partial charge < -0.3 is 9.72 Å². The third kappa shape index (κ3) is 2.84. The topological polar surface area (TPSA) is 55.0 Å². The highest BCUT2D eigenvalue weighted by Crippen LogP contribution is 2.25. The molecule has 0 spiro atoms. The summed E-state index contributed by atoms with van der Waals surface area (Å²) < 4.78 is 5.96. The van der Waals surface area contributed by atoms with Gasteiger partial charge in [-0.25, -0.2) is 4.98 Å². The summed E-state index contributed by atoms with van der Waals surface area (Å²) in [6.45, 7) is 0.662. The predicted octanol–water partition coefficient (Wildman–Crippen LogP) is 2.49. The minimum absolute atomic E-state index is 0.200. The van der Waals surface area contributed by atoms with Gasteiger partial charge in [0.25, 0.3) is 5.56 Å². The molecular weight excluding hydrogens is 272 g/mol. The normalized spacial score (nSPS) is 17.3. The van der Waals surface area contributed by atoms with Crippen molar-refractivity contribution >= 4 is 15.9 Å². The van der Waals surface area contributed by atoms with Gasteiger partial charge in [0.05, 0.1) is 12.9 Å². The molecule has 0 radical (unpaired) electrons. The Morgan fingerprint density at radius 2 is 2.19 bits per heavy atom. The Bertz CT molecular complexity index is 399. The van der Waals surface area contributed by atoms with Crippen LogP contribution in [0.1, 0.15) is 32.1 Å². The van der Waals surface area contributed by atoms with E-state index in [1.165, 1.54) is 38.4 Å². The van der Waals surface area contributed by atoms with Crippen LogP contribution in [0.2, 0.25) is 0 Å². The molecule has 0 aliphatic heterocycles. The van der Waals surface area contributed by atoms with Crippen LogP contribution in [0.25, 0.3) is 0 Å². The van der Waals surface area contributed by atoms with E-state index in [1.54, 1.807) is 0 Å². The minimum Gasteiger partial charge on any atom is -0.476 e. The van der Waals surface area contributed by atoms with Gasteiger partial charge in [-0.3, -0.25) is 4.79 Å². The van der Waals surface area contributed by atoms with Gasteiger partial charge in [0.2, 0.25) is 5.88 Å². The van der Waals surface area contributed by atoms with Crippen molar-refractivity contribution < 1.29 is 4.74 Å². The van der Waals surface area contributed by atoms with Crippen LogP contribution in [-0.2, 0) is 0 Å². The lowest BCUT2D eigenvalue weighted by atomic mass is 9.90. The summed E-state index contributed by atoms with van der Waals surface area (Å²) in [5.41, 5.74) is -0.200. The Labute approximate surface area is 103 Å². The lowest BCUT2D eigenvalue weighted by molar-refractivity contribution is 0.201. The van der Waals surface area contributed by atoms with Gasteiger partial charge >= 0.3 is 0 Å². The fourth-order valence-electron chi connectivity index (χ4n) is 2.02. The van der Waals surface area contributed by atoms with E-state index in [1.807, 2.05) is 0 Å². The first kappa shape index (κ1) is 11.6. The molecule has 16 heavy (non-hydrogen) atoms. The minimum atomic E-state index is -0.200. The number of nitrogens with zero attached hydrogens (tertiary/aromatic N) is 1. The van der Waals surface area contributed by atoms with Crippen molar-refractivity contribution in [3.63, 3.8) is 0 Å². The van der Waals surface area contributed by atoms with E-state index in [9.17, 15) is 4.79 Å². The van der Waals surface area contributed by atoms with Gasteiger partial charge in [-0.2, -0.15) is 0 Å². The number of hydrogen-bond acceptors (Lipinski definition) is 3. The zero-order chi connectivity index (χ0) is 11.4. The fraction of sp³-hybridized carbons (Fsp3) is 0.636. The molecule has 1 N–H and O–H groups in total. The summed E-state index contributed by atoms with van der Waals surface area (Å²) in [5.74, 6) is 1.01. The number of halogens is 1. The first-order valence-electron chi connectivity index (χ1n) is 5.63. The van der Waals surface area contributed by atoms with Gasteiger partial charge in [-0.05, 0) is 34.7 Å². The monoisotopic (exact) mass is 286 g/mol. The van der Waals surface area contributed by atoms with Crippen molar-refractivity contribution in [1.82, 2.24) is 9.97 Å². The second-order valence-corrected chi connectivity index (χ2v) is 4.96. The Morgan fingerprint density at radius 1 is 1.44 bits per heavy atom. The number of nitrogens with one attached hydrogen (secondary N) is 1. The molecule has 1 aromatic rings. The van der Waals surface area contributed by atoms with E-state index < -0.39 is 0 Å². The number of H-pyrrole nitrogens is 1. The third-order valence-corrected chi connectivity index (χ3v) is 3.64. The molecule has 1 aliphatic carbocycles. The van der Waals surface area contributed by atoms with Gasteiger partial charge in [0.1, 0.15) is 4.47 Å². The largest absolute Gasteiger partial charge is 0.476 e. The SMILES string of the molecule is O=c1[nH]cnc(OCC2CCCCC2)c1Br. The summed E-state index contributed by atoms with van der Waals surface area (Å²) in [7, 11) is 0. The van der Waals surface area contributed by atoms with E-state index in [-0.39, 0.29) is 5.56 Å². The summed E-state index contributed by atoms with van der Waals surface area (Å²) in [6, 6.07) is 0. The van der Waals surface area contributed by atoms with Gasteiger partial charge in [-0.1, -0.05) is 19.3 Å². The molecule has 88 valence electrons. The molecule has 5 heteroatoms. The van der Waals surface area contributed by atoms with Crippen molar-refractivity contribution in [3.8, 4) is 5.88 Å². The molecule has 0 saturated heterocycles. The second kappa shape index (κ2) is 5.48. The van der Waals surface area contributed by atoms with Gasteiger partial charge in [-0.15, -0.1) is 0 Å². The molecule has 0 atom stereocenters. The van der Waals surface area contributed by atoms with Crippen LogP contribution in [0, 0.1) is 5.92 Å². The molecule has 0 bridgehead atoms. The van der Waals surface area contributed by atoms with Crippen LogP contribution in [0.5, 0.6) is 5.88 Å². The molecule has 1 heterocycles. The maximum atomic E-state index is 11.3. The van der Waals surface area contributed by atoms with Crippen LogP contribution in [0.15, 0.2) is 15.6 Å². The summed E-state index contributed by atoms with van der Waals surface area (Å²) >= 11 is 3.17. The quantitative estimate of drug-likeness (QED) is 0.929. The highest BCUT2D eigenvalue weighted by atomic mass is 79.9. The molecule has 0 unspecified atom stereocenters. The van der Waals surface area contributed by atoms with Crippen molar-refractivity contribution in [2.24, 2.45) is 5.92 Å². The average Bonchev–Trinajstić information content (AvgIpc) is 2.32. The van der Waals surface area contributed by atoms with E-state index in [0.717, 1.165) is 0 Å². The fourth-order valence-corrected chi connectivity index (χ4v) is 2.35. The first-order chi connectivity index (χ1) is 7.77. The van der Waals surface area contributed by atoms with Crippen molar-refractivity contribution in [3.05, 3.63) is 21.2 Å². The maximum Gasteiger partial charge on any atom is 0.268 e. The van der Waals surface area contributed by atoms with Gasteiger partial charge in [0.15, 0.2) is 0 Å². The molecule has 1 aromatic heterocycles. The van der Waals surface area contributed by atoms with Crippen LogP contribution in [-0.4, -0.2) is 16.6 Å². The van der Waals surface area contributed by atoms with Crippen LogP contribution in [0.3, 0.4) is 0 Å².